The van der Waals surface area contributed by atoms with Crippen molar-refractivity contribution in [1.82, 2.24) is 10.3 Å². The minimum absolute atomic E-state index is 0.287. The summed E-state index contributed by atoms with van der Waals surface area (Å²) in [6, 6.07) is 5.23. The van der Waals surface area contributed by atoms with Crippen molar-refractivity contribution in [3.05, 3.63) is 53.9 Å². The summed E-state index contributed by atoms with van der Waals surface area (Å²) in [4.78, 5) is 7.01. The van der Waals surface area contributed by atoms with E-state index in [9.17, 15) is 8.78 Å². The summed E-state index contributed by atoms with van der Waals surface area (Å²) in [7, 11) is 0. The van der Waals surface area contributed by atoms with Gasteiger partial charge in [-0.15, -0.1) is 0 Å². The Bertz CT molecular complexity index is 781. The van der Waals surface area contributed by atoms with Crippen molar-refractivity contribution in [3.8, 4) is 0 Å². The maximum atomic E-state index is 13.3. The Morgan fingerprint density at radius 3 is 2.44 bits per heavy atom. The quantitative estimate of drug-likeness (QED) is 0.824. The van der Waals surface area contributed by atoms with Crippen molar-refractivity contribution in [2.75, 3.05) is 36.4 Å². The highest BCUT2D eigenvalue weighted by Gasteiger charge is 2.36. The molecular formula is C18H18F2N4S. The molecular weight excluding hydrogens is 342 g/mol. The highest BCUT2D eigenvalue weighted by Crippen LogP contribution is 2.30. The molecule has 4 nitrogen and oxygen atoms in total. The fraction of sp³-hybridized carbons (Fsp3) is 0.333. The van der Waals surface area contributed by atoms with E-state index in [1.165, 1.54) is 12.1 Å². The molecule has 0 saturated carbocycles. The van der Waals surface area contributed by atoms with Crippen molar-refractivity contribution < 1.29 is 8.78 Å². The first-order valence-corrected chi connectivity index (χ1v) is 8.67. The zero-order chi connectivity index (χ0) is 17.4. The Kier molecular flexibility index (Phi) is 4.35. The minimum atomic E-state index is -0.644. The van der Waals surface area contributed by atoms with Gasteiger partial charge in [-0.1, -0.05) is 12.2 Å². The van der Waals surface area contributed by atoms with E-state index in [4.69, 9.17) is 12.2 Å². The third-order valence-corrected chi connectivity index (χ3v) is 5.20. The van der Waals surface area contributed by atoms with Crippen LogP contribution in [-0.4, -0.2) is 36.2 Å². The summed E-state index contributed by atoms with van der Waals surface area (Å²) < 4.78 is 26.6. The summed E-state index contributed by atoms with van der Waals surface area (Å²) in [6.07, 6.45) is 3.50. The molecule has 130 valence electrons. The van der Waals surface area contributed by atoms with Gasteiger partial charge in [0, 0.05) is 49.7 Å². The van der Waals surface area contributed by atoms with Gasteiger partial charge in [-0.3, -0.25) is 4.98 Å². The van der Waals surface area contributed by atoms with Gasteiger partial charge in [0.25, 0.3) is 0 Å². The highest BCUT2D eigenvalue weighted by molar-refractivity contribution is 7.81. The molecule has 0 radical (unpaired) electrons. The van der Waals surface area contributed by atoms with Gasteiger partial charge in [0.2, 0.25) is 0 Å². The van der Waals surface area contributed by atoms with Crippen LogP contribution in [0.2, 0.25) is 0 Å². The van der Waals surface area contributed by atoms with Crippen LogP contribution in [0, 0.1) is 23.5 Å². The number of hydrogen-bond acceptors (Lipinski definition) is 4. The van der Waals surface area contributed by atoms with Crippen molar-refractivity contribution in [1.29, 1.82) is 0 Å². The number of halogens is 2. The summed E-state index contributed by atoms with van der Waals surface area (Å²) >= 11 is 5.38. The molecule has 0 spiro atoms. The standard InChI is InChI=1S/C18H18F2N4S/c19-14-2-15(20)4-16(3-14)23-18(25)11-1-17(8-22-5-11)24-9-12-6-21-7-13(12)10-24/h1-5,8,12-13,21H,6-7,9-10H2,(H,23,25)/t12-,13+. The van der Waals surface area contributed by atoms with E-state index in [0.29, 0.717) is 16.8 Å². The van der Waals surface area contributed by atoms with Gasteiger partial charge in [-0.25, -0.2) is 8.78 Å². The Morgan fingerprint density at radius 2 is 1.76 bits per heavy atom. The molecule has 2 aromatic rings. The van der Waals surface area contributed by atoms with Crippen LogP contribution >= 0.6 is 12.2 Å². The Labute approximate surface area is 150 Å². The lowest BCUT2D eigenvalue weighted by atomic mass is 10.0. The van der Waals surface area contributed by atoms with Crippen LogP contribution in [0.5, 0.6) is 0 Å². The number of rotatable bonds is 3. The lowest BCUT2D eigenvalue weighted by Gasteiger charge is -2.20. The lowest BCUT2D eigenvalue weighted by molar-refractivity contribution is 0.533. The molecule has 0 aliphatic carbocycles. The van der Waals surface area contributed by atoms with Gasteiger partial charge < -0.3 is 15.5 Å². The first-order chi connectivity index (χ1) is 12.1. The second-order valence-corrected chi connectivity index (χ2v) is 7.04. The molecule has 2 fully saturated rings. The number of aromatic nitrogens is 1. The number of hydrogen-bond donors (Lipinski definition) is 2. The average Bonchev–Trinajstić information content (AvgIpc) is 3.15. The van der Waals surface area contributed by atoms with E-state index < -0.39 is 11.6 Å². The molecule has 0 amide bonds. The average molecular weight is 360 g/mol. The number of benzene rings is 1. The molecule has 3 heterocycles. The number of fused-ring (bicyclic) bond motifs is 1. The van der Waals surface area contributed by atoms with Crippen LogP contribution in [0.15, 0.2) is 36.7 Å². The Hall–Kier alpha value is -2.12. The van der Waals surface area contributed by atoms with Gasteiger partial charge in [-0.2, -0.15) is 0 Å². The second kappa shape index (κ2) is 6.65. The maximum Gasteiger partial charge on any atom is 0.128 e. The van der Waals surface area contributed by atoms with Gasteiger partial charge >= 0.3 is 0 Å². The summed E-state index contributed by atoms with van der Waals surface area (Å²) in [5, 5.41) is 6.31. The van der Waals surface area contributed by atoms with E-state index in [2.05, 4.69) is 20.5 Å². The molecule has 0 unspecified atom stereocenters. The molecule has 2 aliphatic rings. The van der Waals surface area contributed by atoms with Gasteiger partial charge in [-0.05, 0) is 30.0 Å². The fourth-order valence-corrected chi connectivity index (χ4v) is 3.85. The number of pyridine rings is 1. The molecule has 2 atom stereocenters. The highest BCUT2D eigenvalue weighted by atomic mass is 32.1. The van der Waals surface area contributed by atoms with Crippen LogP contribution in [-0.2, 0) is 0 Å². The first kappa shape index (κ1) is 16.4. The zero-order valence-corrected chi connectivity index (χ0v) is 14.3. The van der Waals surface area contributed by atoms with Crippen LogP contribution in [0.1, 0.15) is 5.56 Å². The predicted octanol–water partition coefficient (Wildman–Crippen LogP) is 2.80. The minimum Gasteiger partial charge on any atom is -0.370 e. The topological polar surface area (TPSA) is 40.2 Å². The monoisotopic (exact) mass is 360 g/mol. The SMILES string of the molecule is Fc1cc(F)cc(NC(=S)c2cncc(N3C[C@H]4CNC[C@H]4C3)c2)c1. The molecule has 2 saturated heterocycles. The van der Waals surface area contributed by atoms with Crippen LogP contribution in [0.25, 0.3) is 0 Å². The molecule has 1 aromatic heterocycles. The number of nitrogens with one attached hydrogen (secondary N) is 2. The normalized spacial score (nSPS) is 22.1. The summed E-state index contributed by atoms with van der Waals surface area (Å²) in [6.45, 7) is 4.16. The fourth-order valence-electron chi connectivity index (χ4n) is 3.62. The van der Waals surface area contributed by atoms with Crippen molar-refractivity contribution in [2.24, 2.45) is 11.8 Å². The zero-order valence-electron chi connectivity index (χ0n) is 13.5. The molecule has 1 aromatic carbocycles. The van der Waals surface area contributed by atoms with Gasteiger partial charge in [0.05, 0.1) is 11.9 Å². The van der Waals surface area contributed by atoms with Crippen LogP contribution < -0.4 is 15.5 Å². The third-order valence-electron chi connectivity index (χ3n) is 4.86. The van der Waals surface area contributed by atoms with Crippen molar-refractivity contribution in [2.45, 2.75) is 0 Å². The maximum absolute atomic E-state index is 13.3. The predicted molar refractivity (Wildman–Crippen MR) is 98.0 cm³/mol. The Morgan fingerprint density at radius 1 is 1.08 bits per heavy atom. The Balaban J connectivity index is 1.50. The molecule has 4 rings (SSSR count). The van der Waals surface area contributed by atoms with E-state index in [0.717, 1.165) is 43.5 Å². The van der Waals surface area contributed by atoms with E-state index in [1.807, 2.05) is 12.3 Å². The van der Waals surface area contributed by atoms with Crippen molar-refractivity contribution >= 4 is 28.6 Å². The van der Waals surface area contributed by atoms with E-state index >= 15 is 0 Å². The lowest BCUT2D eigenvalue weighted by Crippen LogP contribution is -2.25. The van der Waals surface area contributed by atoms with Gasteiger partial charge in [0.1, 0.15) is 16.6 Å². The summed E-state index contributed by atoms with van der Waals surface area (Å²) in [5.41, 5.74) is 2.04. The van der Waals surface area contributed by atoms with E-state index in [1.54, 1.807) is 6.20 Å². The van der Waals surface area contributed by atoms with Crippen LogP contribution in [0.4, 0.5) is 20.2 Å². The number of thiocarbonyl (C=S) groups is 1. The third kappa shape index (κ3) is 3.48. The van der Waals surface area contributed by atoms with Crippen LogP contribution in [0.3, 0.4) is 0 Å². The largest absolute Gasteiger partial charge is 0.370 e. The smallest absolute Gasteiger partial charge is 0.128 e. The second-order valence-electron chi connectivity index (χ2n) is 6.63. The first-order valence-electron chi connectivity index (χ1n) is 8.26. The number of anilines is 2. The summed E-state index contributed by atoms with van der Waals surface area (Å²) in [5.74, 6) is 0.0804. The van der Waals surface area contributed by atoms with Crippen molar-refractivity contribution in [3.63, 3.8) is 0 Å². The van der Waals surface area contributed by atoms with E-state index in [-0.39, 0.29) is 5.69 Å². The number of nitrogens with zero attached hydrogens (tertiary/aromatic N) is 2. The molecule has 2 N–H and O–H groups in total. The molecule has 2 aliphatic heterocycles. The molecule has 25 heavy (non-hydrogen) atoms. The van der Waals surface area contributed by atoms with Gasteiger partial charge in [0.15, 0.2) is 0 Å². The molecule has 0 bridgehead atoms. The molecule has 7 heteroatoms.